The fourth-order valence-corrected chi connectivity index (χ4v) is 5.62. The van der Waals surface area contributed by atoms with Crippen LogP contribution in [0.4, 0.5) is 11.4 Å². The normalized spacial score (nSPS) is 13.9. The molecule has 1 amide bonds. The number of hydrogen-bond donors (Lipinski definition) is 1. The lowest BCUT2D eigenvalue weighted by Crippen LogP contribution is -2.40. The Morgan fingerprint density at radius 1 is 1.03 bits per heavy atom. The molecular weight excluding hydrogens is 530 g/mol. The first kappa shape index (κ1) is 25.2. The lowest BCUT2D eigenvalue weighted by molar-refractivity contribution is -0.119. The number of rotatable bonds is 8. The number of ether oxygens (including phenoxy) is 1. The van der Waals surface area contributed by atoms with E-state index in [-0.39, 0.29) is 11.4 Å². The van der Waals surface area contributed by atoms with E-state index in [0.717, 1.165) is 51.9 Å². The third-order valence-electron chi connectivity index (χ3n) is 5.79. The molecule has 1 N–H and O–H groups in total. The summed E-state index contributed by atoms with van der Waals surface area (Å²) in [6.07, 6.45) is 0. The second-order valence-electron chi connectivity index (χ2n) is 8.35. The maximum absolute atomic E-state index is 13.5. The molecule has 35 heavy (non-hydrogen) atoms. The molecule has 0 aromatic heterocycles. The summed E-state index contributed by atoms with van der Waals surface area (Å²) < 4.78 is 34.2. The number of nitrogens with zero attached hydrogens (tertiary/aromatic N) is 2. The summed E-state index contributed by atoms with van der Waals surface area (Å²) >= 11 is 3.39. The first-order valence-electron chi connectivity index (χ1n) is 11.4. The van der Waals surface area contributed by atoms with Crippen molar-refractivity contribution in [2.45, 2.75) is 18.4 Å². The van der Waals surface area contributed by atoms with Gasteiger partial charge in [-0.2, -0.15) is 0 Å². The molecule has 0 radical (unpaired) electrons. The van der Waals surface area contributed by atoms with Crippen LogP contribution >= 0.6 is 15.9 Å². The predicted octanol–water partition coefficient (Wildman–Crippen LogP) is 4.11. The maximum Gasteiger partial charge on any atom is 0.264 e. The number of morpholine rings is 1. The summed E-state index contributed by atoms with van der Waals surface area (Å²) in [6.45, 7) is 5.02. The third kappa shape index (κ3) is 6.42. The van der Waals surface area contributed by atoms with Crippen molar-refractivity contribution in [2.75, 3.05) is 42.1 Å². The van der Waals surface area contributed by atoms with Crippen molar-refractivity contribution < 1.29 is 17.9 Å². The highest BCUT2D eigenvalue weighted by Gasteiger charge is 2.27. The summed E-state index contributed by atoms with van der Waals surface area (Å²) in [7, 11) is -3.95. The number of benzene rings is 3. The Bertz CT molecular complexity index is 1260. The fourth-order valence-electron chi connectivity index (χ4n) is 3.82. The van der Waals surface area contributed by atoms with Gasteiger partial charge in [0, 0.05) is 29.8 Å². The zero-order valence-corrected chi connectivity index (χ0v) is 21.9. The summed E-state index contributed by atoms with van der Waals surface area (Å²) in [6, 6.07) is 21.5. The molecule has 4 rings (SSSR count). The predicted molar refractivity (Wildman–Crippen MR) is 141 cm³/mol. The number of hydrogen-bond acceptors (Lipinski definition) is 5. The van der Waals surface area contributed by atoms with Crippen LogP contribution < -0.4 is 14.5 Å². The van der Waals surface area contributed by atoms with Gasteiger partial charge in [-0.25, -0.2) is 8.42 Å². The minimum Gasteiger partial charge on any atom is -0.378 e. The first-order chi connectivity index (χ1) is 16.8. The van der Waals surface area contributed by atoms with Crippen LogP contribution in [-0.4, -0.2) is 47.2 Å². The largest absolute Gasteiger partial charge is 0.378 e. The molecular formula is C26H28BrN3O4S. The molecule has 3 aromatic carbocycles. The van der Waals surface area contributed by atoms with Crippen LogP contribution in [-0.2, 0) is 26.1 Å². The van der Waals surface area contributed by atoms with Gasteiger partial charge in [0.25, 0.3) is 10.0 Å². The summed E-state index contributed by atoms with van der Waals surface area (Å²) in [5.74, 6) is -0.391. The highest BCUT2D eigenvalue weighted by Crippen LogP contribution is 2.26. The molecule has 1 aliphatic heterocycles. The SMILES string of the molecule is Cc1ccc(S(=O)(=O)N(CC(=O)NCc2ccc(N3CCOCC3)cc2)c2cccc(Br)c2)cc1. The molecule has 0 bridgehead atoms. The Labute approximate surface area is 214 Å². The minimum absolute atomic E-state index is 0.134. The minimum atomic E-state index is -3.95. The molecule has 1 aliphatic rings. The highest BCUT2D eigenvalue weighted by molar-refractivity contribution is 9.10. The van der Waals surface area contributed by atoms with Gasteiger partial charge >= 0.3 is 0 Å². The van der Waals surface area contributed by atoms with Gasteiger partial charge < -0.3 is 15.0 Å². The Morgan fingerprint density at radius 3 is 2.37 bits per heavy atom. The highest BCUT2D eigenvalue weighted by atomic mass is 79.9. The lowest BCUT2D eigenvalue weighted by Gasteiger charge is -2.29. The molecule has 0 spiro atoms. The van der Waals surface area contributed by atoms with E-state index in [4.69, 9.17) is 4.74 Å². The number of amides is 1. The summed E-state index contributed by atoms with van der Waals surface area (Å²) in [4.78, 5) is 15.3. The van der Waals surface area contributed by atoms with Crippen LogP contribution in [0.1, 0.15) is 11.1 Å². The fraction of sp³-hybridized carbons (Fsp3) is 0.269. The number of nitrogens with one attached hydrogen (secondary N) is 1. The number of carbonyl (C=O) groups excluding carboxylic acids is 1. The van der Waals surface area contributed by atoms with Gasteiger partial charge in [-0.1, -0.05) is 51.8 Å². The van der Waals surface area contributed by atoms with E-state index in [1.165, 1.54) is 0 Å². The molecule has 0 saturated carbocycles. The van der Waals surface area contributed by atoms with E-state index in [1.54, 1.807) is 48.5 Å². The Hall–Kier alpha value is -2.88. The van der Waals surface area contributed by atoms with Crippen LogP contribution in [0.15, 0.2) is 82.2 Å². The molecule has 9 heteroatoms. The first-order valence-corrected chi connectivity index (χ1v) is 13.6. The Kier molecular flexibility index (Phi) is 8.10. The van der Waals surface area contributed by atoms with Gasteiger partial charge in [-0.3, -0.25) is 9.10 Å². The number of halogens is 1. The zero-order valence-electron chi connectivity index (χ0n) is 19.5. The van der Waals surface area contributed by atoms with Crippen LogP contribution in [0.5, 0.6) is 0 Å². The second kappa shape index (κ2) is 11.2. The standard InChI is InChI=1S/C26H28BrN3O4S/c1-20-5-11-25(12-6-20)35(32,33)30(24-4-2-3-22(27)17-24)19-26(31)28-18-21-7-9-23(10-8-21)29-13-15-34-16-14-29/h2-12,17H,13-16,18-19H2,1H3,(H,28,31). The summed E-state index contributed by atoms with van der Waals surface area (Å²) in [5, 5.41) is 2.86. The molecule has 3 aromatic rings. The van der Waals surface area contributed by atoms with Crippen LogP contribution in [0.3, 0.4) is 0 Å². The van der Waals surface area contributed by atoms with Crippen molar-refractivity contribution in [3.05, 3.63) is 88.4 Å². The molecule has 0 atom stereocenters. The van der Waals surface area contributed by atoms with Gasteiger partial charge in [0.2, 0.25) is 5.91 Å². The zero-order chi connectivity index (χ0) is 24.8. The number of anilines is 2. The smallest absolute Gasteiger partial charge is 0.264 e. The molecule has 0 aliphatic carbocycles. The van der Waals surface area contributed by atoms with E-state index in [1.807, 2.05) is 31.2 Å². The lowest BCUT2D eigenvalue weighted by atomic mass is 10.2. The summed E-state index contributed by atoms with van der Waals surface area (Å²) in [5.41, 5.74) is 3.42. The molecule has 1 fully saturated rings. The van der Waals surface area contributed by atoms with Crippen molar-refractivity contribution >= 4 is 43.2 Å². The van der Waals surface area contributed by atoms with E-state index < -0.39 is 15.9 Å². The average molecular weight is 558 g/mol. The number of carbonyl (C=O) groups is 1. The van der Waals surface area contributed by atoms with Crippen LogP contribution in [0.25, 0.3) is 0 Å². The van der Waals surface area contributed by atoms with Crippen molar-refractivity contribution in [1.29, 1.82) is 0 Å². The number of aryl methyl sites for hydroxylation is 1. The van der Waals surface area contributed by atoms with Crippen LogP contribution in [0, 0.1) is 6.92 Å². The van der Waals surface area contributed by atoms with Crippen molar-refractivity contribution in [2.24, 2.45) is 0 Å². The molecule has 1 heterocycles. The number of sulfonamides is 1. The average Bonchev–Trinajstić information content (AvgIpc) is 2.87. The monoisotopic (exact) mass is 557 g/mol. The van der Waals surface area contributed by atoms with Gasteiger partial charge in [0.05, 0.1) is 23.8 Å². The van der Waals surface area contributed by atoms with Gasteiger partial charge in [0.1, 0.15) is 6.54 Å². The topological polar surface area (TPSA) is 79.0 Å². The molecule has 184 valence electrons. The Morgan fingerprint density at radius 2 is 1.71 bits per heavy atom. The van der Waals surface area contributed by atoms with Crippen LogP contribution in [0.2, 0.25) is 0 Å². The van der Waals surface area contributed by atoms with Crippen molar-refractivity contribution in [3.63, 3.8) is 0 Å². The van der Waals surface area contributed by atoms with Crippen molar-refractivity contribution in [1.82, 2.24) is 5.32 Å². The quantitative estimate of drug-likeness (QED) is 0.451. The van der Waals surface area contributed by atoms with Gasteiger partial charge in [-0.15, -0.1) is 0 Å². The van der Waals surface area contributed by atoms with Gasteiger partial charge in [-0.05, 0) is 55.0 Å². The van der Waals surface area contributed by atoms with E-state index in [0.29, 0.717) is 12.2 Å². The molecule has 1 saturated heterocycles. The Balaban J connectivity index is 1.47. The van der Waals surface area contributed by atoms with E-state index in [2.05, 4.69) is 26.1 Å². The maximum atomic E-state index is 13.5. The molecule has 0 unspecified atom stereocenters. The van der Waals surface area contributed by atoms with Gasteiger partial charge in [0.15, 0.2) is 0 Å². The van der Waals surface area contributed by atoms with E-state index in [9.17, 15) is 13.2 Å². The van der Waals surface area contributed by atoms with Crippen molar-refractivity contribution in [3.8, 4) is 0 Å². The van der Waals surface area contributed by atoms with E-state index >= 15 is 0 Å². The second-order valence-corrected chi connectivity index (χ2v) is 11.1. The third-order valence-corrected chi connectivity index (χ3v) is 8.08. The molecule has 7 nitrogen and oxygen atoms in total.